The summed E-state index contributed by atoms with van der Waals surface area (Å²) in [5, 5.41) is 0. The first-order valence-corrected chi connectivity index (χ1v) is 7.92. The van der Waals surface area contributed by atoms with E-state index in [0.717, 1.165) is 6.42 Å². The van der Waals surface area contributed by atoms with Gasteiger partial charge >= 0.3 is 0 Å². The maximum Gasteiger partial charge on any atom is 0.147 e. The lowest BCUT2D eigenvalue weighted by Crippen LogP contribution is -1.98. The molecule has 0 aromatic heterocycles. The molecule has 0 atom stereocenters. The third-order valence-corrected chi connectivity index (χ3v) is 3.51. The van der Waals surface area contributed by atoms with Crippen molar-refractivity contribution in [1.82, 2.24) is 0 Å². The second kappa shape index (κ2) is 14.0. The summed E-state index contributed by atoms with van der Waals surface area (Å²) in [4.78, 5) is 10.9. The van der Waals surface area contributed by atoms with E-state index in [-0.39, 0.29) is 11.7 Å². The molecule has 0 unspecified atom stereocenters. The lowest BCUT2D eigenvalue weighted by Gasteiger charge is -2.02. The van der Waals surface area contributed by atoms with E-state index < -0.39 is 0 Å². The van der Waals surface area contributed by atoms with Gasteiger partial charge < -0.3 is 0 Å². The van der Waals surface area contributed by atoms with Crippen LogP contribution >= 0.6 is 11.6 Å². The fourth-order valence-electron chi connectivity index (χ4n) is 2.05. The van der Waals surface area contributed by atoms with Crippen LogP contribution in [-0.2, 0) is 4.79 Å². The predicted molar refractivity (Wildman–Crippen MR) is 76.8 cm³/mol. The molecule has 0 radical (unpaired) electrons. The minimum atomic E-state index is 0.192. The number of ketones is 1. The Balaban J connectivity index is 2.96. The summed E-state index contributed by atoms with van der Waals surface area (Å²) in [6, 6.07) is 0. The zero-order valence-corrected chi connectivity index (χ0v) is 12.2. The second-order valence-electron chi connectivity index (χ2n) is 4.96. The van der Waals surface area contributed by atoms with Crippen molar-refractivity contribution >= 4 is 17.4 Å². The number of Topliss-reactive ketones (excluding diaryl/α,β-unsaturated/α-hetero) is 1. The molecule has 0 heterocycles. The number of unbranched alkanes of at least 4 members (excludes halogenated alkanes) is 10. The molecule has 0 spiro atoms. The van der Waals surface area contributed by atoms with Gasteiger partial charge in [-0.1, -0.05) is 71.1 Å². The first kappa shape index (κ1) is 17.0. The van der Waals surface area contributed by atoms with Gasteiger partial charge in [-0.05, 0) is 6.42 Å². The minimum absolute atomic E-state index is 0.192. The highest BCUT2D eigenvalue weighted by Crippen LogP contribution is 2.11. The van der Waals surface area contributed by atoms with Crippen molar-refractivity contribution in [1.29, 1.82) is 0 Å². The highest BCUT2D eigenvalue weighted by molar-refractivity contribution is 6.27. The first-order chi connectivity index (χ1) is 8.31. The molecule has 2 heteroatoms. The SMILES string of the molecule is CCCCCCCCCCCCCC(=O)CCl. The Kier molecular flexibility index (Phi) is 14.0. The molecule has 102 valence electrons. The van der Waals surface area contributed by atoms with E-state index in [9.17, 15) is 4.79 Å². The normalized spacial score (nSPS) is 10.7. The molecule has 0 saturated heterocycles. The molecule has 0 amide bonds. The third kappa shape index (κ3) is 13.9. The largest absolute Gasteiger partial charge is 0.298 e. The van der Waals surface area contributed by atoms with Gasteiger partial charge in [-0.2, -0.15) is 0 Å². The number of alkyl halides is 1. The van der Waals surface area contributed by atoms with Crippen LogP contribution in [0.4, 0.5) is 0 Å². The zero-order valence-electron chi connectivity index (χ0n) is 11.5. The van der Waals surface area contributed by atoms with Gasteiger partial charge in [0, 0.05) is 6.42 Å². The maximum atomic E-state index is 10.9. The molecule has 0 fully saturated rings. The Hall–Kier alpha value is -0.0400. The lowest BCUT2D eigenvalue weighted by atomic mass is 10.0. The number of hydrogen-bond donors (Lipinski definition) is 0. The highest BCUT2D eigenvalue weighted by Gasteiger charge is 1.98. The number of carbonyl (C=O) groups excluding carboxylic acids is 1. The average molecular weight is 261 g/mol. The summed E-state index contributed by atoms with van der Waals surface area (Å²) in [5.41, 5.74) is 0. The molecule has 0 N–H and O–H groups in total. The highest BCUT2D eigenvalue weighted by atomic mass is 35.5. The first-order valence-electron chi connectivity index (χ1n) is 7.39. The van der Waals surface area contributed by atoms with E-state index in [1.807, 2.05) is 0 Å². The third-order valence-electron chi connectivity index (χ3n) is 3.21. The molecule has 0 bridgehead atoms. The van der Waals surface area contributed by atoms with Gasteiger partial charge in [0.05, 0.1) is 5.88 Å². The molecule has 0 saturated carbocycles. The molecule has 0 aromatic rings. The lowest BCUT2D eigenvalue weighted by molar-refractivity contribution is -0.116. The van der Waals surface area contributed by atoms with Gasteiger partial charge in [-0.3, -0.25) is 4.79 Å². The van der Waals surface area contributed by atoms with Crippen LogP contribution in [0.15, 0.2) is 0 Å². The Bertz CT molecular complexity index is 168. The van der Waals surface area contributed by atoms with Crippen molar-refractivity contribution in [3.8, 4) is 0 Å². The van der Waals surface area contributed by atoms with E-state index >= 15 is 0 Å². The quantitative estimate of drug-likeness (QED) is 0.316. The fourth-order valence-corrected chi connectivity index (χ4v) is 2.19. The number of carbonyl (C=O) groups is 1. The van der Waals surface area contributed by atoms with Gasteiger partial charge in [0.25, 0.3) is 0 Å². The van der Waals surface area contributed by atoms with Gasteiger partial charge in [0.15, 0.2) is 0 Å². The van der Waals surface area contributed by atoms with Crippen molar-refractivity contribution < 1.29 is 4.79 Å². The van der Waals surface area contributed by atoms with Crippen molar-refractivity contribution in [3.63, 3.8) is 0 Å². The van der Waals surface area contributed by atoms with Crippen LogP contribution in [0.25, 0.3) is 0 Å². The minimum Gasteiger partial charge on any atom is -0.298 e. The van der Waals surface area contributed by atoms with Crippen LogP contribution in [0.3, 0.4) is 0 Å². The summed E-state index contributed by atoms with van der Waals surface area (Å²) >= 11 is 5.44. The Morgan fingerprint density at radius 1 is 0.765 bits per heavy atom. The number of rotatable bonds is 13. The van der Waals surface area contributed by atoms with Crippen LogP contribution in [0, 0.1) is 0 Å². The predicted octanol–water partition coefficient (Wildman–Crippen LogP) is 5.50. The summed E-state index contributed by atoms with van der Waals surface area (Å²) in [5.74, 6) is 0.389. The van der Waals surface area contributed by atoms with Crippen LogP contribution < -0.4 is 0 Å². The standard InChI is InChI=1S/C15H29ClO/c1-2-3-4-5-6-7-8-9-10-11-12-13-15(17)14-16/h2-14H2,1H3. The summed E-state index contributed by atoms with van der Waals surface area (Å²) in [7, 11) is 0. The van der Waals surface area contributed by atoms with E-state index in [1.54, 1.807) is 0 Å². The van der Waals surface area contributed by atoms with E-state index in [2.05, 4.69) is 6.92 Å². The molecular formula is C15H29ClO. The number of hydrogen-bond acceptors (Lipinski definition) is 1. The van der Waals surface area contributed by atoms with E-state index in [1.165, 1.54) is 64.2 Å². The Labute approximate surface area is 112 Å². The van der Waals surface area contributed by atoms with Crippen LogP contribution in [0.2, 0.25) is 0 Å². The fraction of sp³-hybridized carbons (Fsp3) is 0.933. The molecule has 0 aliphatic heterocycles. The summed E-state index contributed by atoms with van der Waals surface area (Å²) in [6.45, 7) is 2.26. The molecule has 0 aliphatic carbocycles. The molecule has 0 aromatic carbocycles. The van der Waals surface area contributed by atoms with Crippen LogP contribution in [0.5, 0.6) is 0 Å². The van der Waals surface area contributed by atoms with Gasteiger partial charge in [0.1, 0.15) is 5.78 Å². The molecule has 0 aliphatic rings. The topological polar surface area (TPSA) is 17.1 Å². The second-order valence-corrected chi connectivity index (χ2v) is 5.23. The maximum absolute atomic E-state index is 10.9. The monoisotopic (exact) mass is 260 g/mol. The van der Waals surface area contributed by atoms with Crippen LogP contribution in [-0.4, -0.2) is 11.7 Å². The van der Waals surface area contributed by atoms with Crippen molar-refractivity contribution in [2.24, 2.45) is 0 Å². The van der Waals surface area contributed by atoms with E-state index in [0.29, 0.717) is 6.42 Å². The summed E-state index contributed by atoms with van der Waals surface area (Å²) in [6.07, 6.45) is 15.3. The average Bonchev–Trinajstić information content (AvgIpc) is 2.35. The van der Waals surface area contributed by atoms with Crippen molar-refractivity contribution in [2.45, 2.75) is 84.0 Å². The Morgan fingerprint density at radius 2 is 1.18 bits per heavy atom. The molecule has 0 rings (SSSR count). The van der Waals surface area contributed by atoms with E-state index in [4.69, 9.17) is 11.6 Å². The zero-order chi connectivity index (χ0) is 12.8. The Morgan fingerprint density at radius 3 is 1.59 bits per heavy atom. The van der Waals surface area contributed by atoms with Gasteiger partial charge in [-0.15, -0.1) is 11.6 Å². The van der Waals surface area contributed by atoms with Crippen molar-refractivity contribution in [3.05, 3.63) is 0 Å². The van der Waals surface area contributed by atoms with Gasteiger partial charge in [0.2, 0.25) is 0 Å². The molecule has 1 nitrogen and oxygen atoms in total. The molecular weight excluding hydrogens is 232 g/mol. The van der Waals surface area contributed by atoms with Crippen molar-refractivity contribution in [2.75, 3.05) is 5.88 Å². The summed E-state index contributed by atoms with van der Waals surface area (Å²) < 4.78 is 0. The van der Waals surface area contributed by atoms with Gasteiger partial charge in [-0.25, -0.2) is 0 Å². The number of halogens is 1. The smallest absolute Gasteiger partial charge is 0.147 e. The van der Waals surface area contributed by atoms with Crippen LogP contribution in [0.1, 0.15) is 84.0 Å². The molecule has 17 heavy (non-hydrogen) atoms.